The van der Waals surface area contributed by atoms with Crippen molar-refractivity contribution >= 4 is 5.91 Å². The minimum atomic E-state index is -0.110. The quantitative estimate of drug-likeness (QED) is 0.650. The molecule has 6 heteroatoms. The number of ether oxygens (including phenoxy) is 1. The highest BCUT2D eigenvalue weighted by Gasteiger charge is 2.07. The molecule has 0 fully saturated rings. The van der Waals surface area contributed by atoms with Gasteiger partial charge in [0.05, 0.1) is 24.6 Å². The molecular weight excluding hydrogens is 316 g/mol. The summed E-state index contributed by atoms with van der Waals surface area (Å²) in [5, 5.41) is 9.56. The van der Waals surface area contributed by atoms with Crippen LogP contribution in [0.25, 0.3) is 11.3 Å². The molecule has 3 aromatic rings. The lowest BCUT2D eigenvalue weighted by Crippen LogP contribution is -2.24. The lowest BCUT2D eigenvalue weighted by Gasteiger charge is -2.06. The van der Waals surface area contributed by atoms with E-state index in [0.717, 1.165) is 29.8 Å². The number of nitrogens with zero attached hydrogens (tertiary/aromatic N) is 2. The molecule has 0 aliphatic rings. The third-order valence-corrected chi connectivity index (χ3v) is 3.91. The van der Waals surface area contributed by atoms with Gasteiger partial charge >= 0.3 is 0 Å². The molecule has 128 valence electrons. The maximum Gasteiger partial charge on any atom is 0.252 e. The smallest absolute Gasteiger partial charge is 0.252 e. The van der Waals surface area contributed by atoms with Gasteiger partial charge in [0.25, 0.3) is 5.91 Å². The molecular formula is C19H20N4O2. The maximum absolute atomic E-state index is 12.2. The number of hydrogen-bond donors (Lipinski definition) is 2. The van der Waals surface area contributed by atoms with Crippen LogP contribution in [-0.4, -0.2) is 34.7 Å². The molecule has 0 aliphatic carbocycles. The maximum atomic E-state index is 12.2. The predicted octanol–water partition coefficient (Wildman–Crippen LogP) is 2.84. The zero-order valence-electron chi connectivity index (χ0n) is 14.0. The summed E-state index contributed by atoms with van der Waals surface area (Å²) in [6.45, 7) is 0.619. The van der Waals surface area contributed by atoms with Gasteiger partial charge in [-0.3, -0.25) is 14.9 Å². The first kappa shape index (κ1) is 16.7. The molecule has 0 saturated carbocycles. The molecule has 0 bridgehead atoms. The summed E-state index contributed by atoms with van der Waals surface area (Å²) in [7, 11) is 1.65. The van der Waals surface area contributed by atoms with Gasteiger partial charge in [-0.1, -0.05) is 12.1 Å². The molecule has 0 saturated heterocycles. The number of carbonyl (C=O) groups excluding carboxylic acids is 1. The van der Waals surface area contributed by atoms with Gasteiger partial charge in [0.2, 0.25) is 0 Å². The molecule has 2 heterocycles. The van der Waals surface area contributed by atoms with Crippen molar-refractivity contribution in [3.8, 4) is 17.0 Å². The SMILES string of the molecule is COc1ccc(CCCNC(=O)c2ccc(-c3cn[nH]c3)nc2)cc1. The van der Waals surface area contributed by atoms with Gasteiger partial charge in [0, 0.05) is 24.5 Å². The zero-order valence-corrected chi connectivity index (χ0v) is 14.0. The van der Waals surface area contributed by atoms with Crippen LogP contribution in [0.3, 0.4) is 0 Å². The number of aromatic amines is 1. The predicted molar refractivity (Wildman–Crippen MR) is 95.5 cm³/mol. The molecule has 0 radical (unpaired) electrons. The summed E-state index contributed by atoms with van der Waals surface area (Å²) in [4.78, 5) is 16.5. The second-order valence-corrected chi connectivity index (χ2v) is 5.63. The van der Waals surface area contributed by atoms with Crippen molar-refractivity contribution in [2.45, 2.75) is 12.8 Å². The van der Waals surface area contributed by atoms with Gasteiger partial charge in [0.1, 0.15) is 5.75 Å². The van der Waals surface area contributed by atoms with E-state index in [-0.39, 0.29) is 5.91 Å². The second-order valence-electron chi connectivity index (χ2n) is 5.63. The number of amides is 1. The Hall–Kier alpha value is -3.15. The first-order valence-corrected chi connectivity index (χ1v) is 8.12. The molecule has 0 atom stereocenters. The zero-order chi connectivity index (χ0) is 17.5. The van der Waals surface area contributed by atoms with Gasteiger partial charge in [-0.25, -0.2) is 0 Å². The molecule has 2 N–H and O–H groups in total. The average molecular weight is 336 g/mol. The highest BCUT2D eigenvalue weighted by Crippen LogP contribution is 2.15. The third-order valence-electron chi connectivity index (χ3n) is 3.91. The number of methoxy groups -OCH3 is 1. The fourth-order valence-electron chi connectivity index (χ4n) is 2.48. The van der Waals surface area contributed by atoms with Crippen LogP contribution in [0.15, 0.2) is 55.0 Å². The Labute approximate surface area is 146 Å². The summed E-state index contributed by atoms with van der Waals surface area (Å²) >= 11 is 0. The van der Waals surface area contributed by atoms with Gasteiger partial charge < -0.3 is 10.1 Å². The third kappa shape index (κ3) is 4.44. The number of aromatic nitrogens is 3. The van der Waals surface area contributed by atoms with Gasteiger partial charge in [0.15, 0.2) is 0 Å². The van der Waals surface area contributed by atoms with E-state index in [4.69, 9.17) is 4.74 Å². The minimum Gasteiger partial charge on any atom is -0.497 e. The molecule has 3 rings (SSSR count). The fourth-order valence-corrected chi connectivity index (χ4v) is 2.48. The van der Waals surface area contributed by atoms with Gasteiger partial charge in [-0.2, -0.15) is 5.10 Å². The van der Waals surface area contributed by atoms with E-state index in [2.05, 4.69) is 20.5 Å². The number of H-pyrrole nitrogens is 1. The van der Waals surface area contributed by atoms with Crippen LogP contribution in [0.2, 0.25) is 0 Å². The summed E-state index contributed by atoms with van der Waals surface area (Å²) < 4.78 is 5.14. The lowest BCUT2D eigenvalue weighted by molar-refractivity contribution is 0.0953. The monoisotopic (exact) mass is 336 g/mol. The van der Waals surface area contributed by atoms with Crippen molar-refractivity contribution in [3.63, 3.8) is 0 Å². The topological polar surface area (TPSA) is 79.9 Å². The Morgan fingerprint density at radius 2 is 2.00 bits per heavy atom. The van der Waals surface area contributed by atoms with Crippen LogP contribution in [0.5, 0.6) is 5.75 Å². The van der Waals surface area contributed by atoms with Crippen LogP contribution in [-0.2, 0) is 6.42 Å². The molecule has 25 heavy (non-hydrogen) atoms. The Bertz CT molecular complexity index is 796. The highest BCUT2D eigenvalue weighted by molar-refractivity contribution is 5.94. The van der Waals surface area contributed by atoms with Crippen molar-refractivity contribution < 1.29 is 9.53 Å². The van der Waals surface area contributed by atoms with Crippen LogP contribution in [0.1, 0.15) is 22.3 Å². The van der Waals surface area contributed by atoms with Crippen molar-refractivity contribution in [1.82, 2.24) is 20.5 Å². The van der Waals surface area contributed by atoms with E-state index < -0.39 is 0 Å². The normalized spacial score (nSPS) is 10.4. The van der Waals surface area contributed by atoms with E-state index in [0.29, 0.717) is 12.1 Å². The first-order valence-electron chi connectivity index (χ1n) is 8.12. The molecule has 0 aliphatic heterocycles. The average Bonchev–Trinajstić information content (AvgIpc) is 3.20. The highest BCUT2D eigenvalue weighted by atomic mass is 16.5. The number of aryl methyl sites for hydroxylation is 1. The number of pyridine rings is 1. The fraction of sp³-hybridized carbons (Fsp3) is 0.211. The van der Waals surface area contributed by atoms with E-state index in [1.165, 1.54) is 5.56 Å². The van der Waals surface area contributed by atoms with Crippen molar-refractivity contribution in [2.24, 2.45) is 0 Å². The Kier molecular flexibility index (Phi) is 5.41. The van der Waals surface area contributed by atoms with Crippen molar-refractivity contribution in [3.05, 3.63) is 66.1 Å². The summed E-state index contributed by atoms with van der Waals surface area (Å²) in [5.74, 6) is 0.740. The molecule has 1 aromatic carbocycles. The van der Waals surface area contributed by atoms with E-state index in [9.17, 15) is 4.79 Å². The number of nitrogens with one attached hydrogen (secondary N) is 2. The number of carbonyl (C=O) groups is 1. The van der Waals surface area contributed by atoms with Crippen molar-refractivity contribution in [2.75, 3.05) is 13.7 Å². The Morgan fingerprint density at radius 3 is 2.64 bits per heavy atom. The van der Waals surface area contributed by atoms with Crippen LogP contribution >= 0.6 is 0 Å². The standard InChI is InChI=1S/C19H20N4O2/c1-25-17-7-4-14(5-8-17)3-2-10-20-19(24)15-6-9-18(21-11-15)16-12-22-23-13-16/h4-9,11-13H,2-3,10H2,1H3,(H,20,24)(H,22,23). The first-order chi connectivity index (χ1) is 12.3. The van der Waals surface area contributed by atoms with E-state index in [1.807, 2.05) is 30.3 Å². The number of hydrogen-bond acceptors (Lipinski definition) is 4. The Balaban J connectivity index is 1.45. The second kappa shape index (κ2) is 8.10. The van der Waals surface area contributed by atoms with Gasteiger partial charge in [-0.05, 0) is 42.7 Å². The largest absolute Gasteiger partial charge is 0.497 e. The Morgan fingerprint density at radius 1 is 1.16 bits per heavy atom. The van der Waals surface area contributed by atoms with Gasteiger partial charge in [-0.15, -0.1) is 0 Å². The molecule has 0 spiro atoms. The number of rotatable bonds is 7. The summed E-state index contributed by atoms with van der Waals surface area (Å²) in [5.41, 5.74) is 3.45. The molecule has 2 aromatic heterocycles. The van der Waals surface area contributed by atoms with Crippen LogP contribution < -0.4 is 10.1 Å². The summed E-state index contributed by atoms with van der Waals surface area (Å²) in [6, 6.07) is 11.6. The van der Waals surface area contributed by atoms with Crippen LogP contribution in [0.4, 0.5) is 0 Å². The van der Waals surface area contributed by atoms with Crippen molar-refractivity contribution in [1.29, 1.82) is 0 Å². The number of benzene rings is 1. The van der Waals surface area contributed by atoms with Crippen LogP contribution in [0, 0.1) is 0 Å². The minimum absolute atomic E-state index is 0.110. The lowest BCUT2D eigenvalue weighted by atomic mass is 10.1. The molecule has 6 nitrogen and oxygen atoms in total. The van der Waals surface area contributed by atoms with E-state index in [1.54, 1.807) is 31.8 Å². The summed E-state index contributed by atoms with van der Waals surface area (Å²) in [6.07, 6.45) is 6.82. The molecule has 1 amide bonds. The molecule has 0 unspecified atom stereocenters. The van der Waals surface area contributed by atoms with E-state index >= 15 is 0 Å².